The quantitative estimate of drug-likeness (QED) is 0.685. The van der Waals surface area contributed by atoms with Crippen molar-refractivity contribution in [1.29, 1.82) is 0 Å². The molecule has 6 heteroatoms. The van der Waals surface area contributed by atoms with E-state index in [1.807, 2.05) is 12.1 Å². The van der Waals surface area contributed by atoms with Crippen LogP contribution in [0.5, 0.6) is 11.5 Å². The molecule has 0 aromatic heterocycles. The number of hydrogen-bond donors (Lipinski definition) is 1. The van der Waals surface area contributed by atoms with Crippen LogP contribution >= 0.6 is 23.4 Å². The molecule has 2 aromatic rings. The fourth-order valence-electron chi connectivity index (χ4n) is 1.92. The average Bonchev–Trinajstić information content (AvgIpc) is 2.86. The Morgan fingerprint density at radius 3 is 2.90 bits per heavy atom. The molecule has 3 nitrogen and oxygen atoms in total. The molecule has 0 amide bonds. The summed E-state index contributed by atoms with van der Waals surface area (Å²) in [5.74, 6) is 1.56. The maximum absolute atomic E-state index is 13.0. The lowest BCUT2D eigenvalue weighted by atomic mass is 10.2. The summed E-state index contributed by atoms with van der Waals surface area (Å²) in [6, 6.07) is 8.10. The molecule has 2 aromatic carbocycles. The molecule has 0 bridgehead atoms. The van der Waals surface area contributed by atoms with Gasteiger partial charge in [0.15, 0.2) is 11.5 Å². The molecule has 0 fully saturated rings. The Morgan fingerprint density at radius 1 is 1.25 bits per heavy atom. The van der Waals surface area contributed by atoms with Crippen LogP contribution in [0.1, 0.15) is 5.56 Å². The summed E-state index contributed by atoms with van der Waals surface area (Å²) in [4.78, 5) is 0.834. The topological polar surface area (TPSA) is 44.5 Å². The van der Waals surface area contributed by atoms with Crippen LogP contribution in [0.4, 0.5) is 10.1 Å². The molecule has 0 aliphatic carbocycles. The zero-order valence-electron chi connectivity index (χ0n) is 10.4. The van der Waals surface area contributed by atoms with E-state index in [9.17, 15) is 4.39 Å². The summed E-state index contributed by atoms with van der Waals surface area (Å²) < 4.78 is 23.6. The van der Waals surface area contributed by atoms with Crippen molar-refractivity contribution >= 4 is 29.1 Å². The zero-order chi connectivity index (χ0) is 14.1. The van der Waals surface area contributed by atoms with E-state index in [0.717, 1.165) is 10.5 Å². The van der Waals surface area contributed by atoms with Crippen molar-refractivity contribution in [3.05, 3.63) is 46.7 Å². The highest BCUT2D eigenvalue weighted by Gasteiger charge is 2.18. The second kappa shape index (κ2) is 5.42. The molecular weight excluding hydrogens is 301 g/mol. The minimum atomic E-state index is -0.335. The molecule has 0 spiro atoms. The van der Waals surface area contributed by atoms with Crippen LogP contribution in [0.3, 0.4) is 0 Å². The van der Waals surface area contributed by atoms with Gasteiger partial charge in [-0.3, -0.25) is 0 Å². The number of fused-ring (bicyclic) bond motifs is 1. The Morgan fingerprint density at radius 2 is 2.10 bits per heavy atom. The van der Waals surface area contributed by atoms with E-state index in [2.05, 4.69) is 0 Å². The van der Waals surface area contributed by atoms with E-state index in [1.165, 1.54) is 23.9 Å². The number of anilines is 1. The van der Waals surface area contributed by atoms with E-state index in [0.29, 0.717) is 28.0 Å². The number of benzene rings is 2. The van der Waals surface area contributed by atoms with Crippen molar-refractivity contribution in [2.75, 3.05) is 12.5 Å². The Labute approximate surface area is 124 Å². The maximum Gasteiger partial charge on any atom is 0.231 e. The highest BCUT2D eigenvalue weighted by atomic mass is 35.5. The molecule has 3 rings (SSSR count). The maximum atomic E-state index is 13.0. The molecule has 0 radical (unpaired) electrons. The van der Waals surface area contributed by atoms with E-state index < -0.39 is 0 Å². The molecular formula is C14H11ClFNO2S. The Bertz CT molecular complexity index is 666. The van der Waals surface area contributed by atoms with Gasteiger partial charge in [-0.05, 0) is 35.9 Å². The van der Waals surface area contributed by atoms with Crippen molar-refractivity contribution in [3.8, 4) is 11.5 Å². The lowest BCUT2D eigenvalue weighted by Gasteiger charge is -2.07. The van der Waals surface area contributed by atoms with Crippen LogP contribution in [0.15, 0.2) is 35.2 Å². The highest BCUT2D eigenvalue weighted by molar-refractivity contribution is 7.98. The van der Waals surface area contributed by atoms with Crippen molar-refractivity contribution in [1.82, 2.24) is 0 Å². The van der Waals surface area contributed by atoms with Gasteiger partial charge in [0, 0.05) is 16.3 Å². The standard InChI is InChI=1S/C14H11ClFNO2S/c15-10-3-8(4-12-14(10)19-7-18-12)6-20-13-2-1-9(16)5-11(13)17/h1-5H,6-7,17H2. The minimum absolute atomic E-state index is 0.191. The normalized spacial score (nSPS) is 12.7. The highest BCUT2D eigenvalue weighted by Crippen LogP contribution is 2.41. The predicted molar refractivity (Wildman–Crippen MR) is 77.9 cm³/mol. The molecule has 1 aliphatic rings. The average molecular weight is 312 g/mol. The molecule has 104 valence electrons. The van der Waals surface area contributed by atoms with Gasteiger partial charge in [0.1, 0.15) is 5.82 Å². The summed E-state index contributed by atoms with van der Waals surface area (Å²) in [6.45, 7) is 0.191. The molecule has 0 saturated carbocycles. The van der Waals surface area contributed by atoms with E-state index in [-0.39, 0.29) is 12.6 Å². The molecule has 0 saturated heterocycles. The van der Waals surface area contributed by atoms with Crippen molar-refractivity contribution in [2.45, 2.75) is 10.6 Å². The first kappa shape index (κ1) is 13.4. The summed E-state index contributed by atoms with van der Waals surface area (Å²) in [5.41, 5.74) is 7.20. The van der Waals surface area contributed by atoms with E-state index in [4.69, 9.17) is 26.8 Å². The third-order valence-electron chi connectivity index (χ3n) is 2.85. The van der Waals surface area contributed by atoms with E-state index in [1.54, 1.807) is 6.07 Å². The first-order chi connectivity index (χ1) is 9.63. The summed E-state index contributed by atoms with van der Waals surface area (Å²) in [5, 5.41) is 0.530. The van der Waals surface area contributed by atoms with Gasteiger partial charge in [-0.1, -0.05) is 11.6 Å². The van der Waals surface area contributed by atoms with Crippen LogP contribution < -0.4 is 15.2 Å². The molecule has 0 unspecified atom stereocenters. The first-order valence-electron chi connectivity index (χ1n) is 5.89. The molecule has 2 N–H and O–H groups in total. The number of halogens is 2. The number of nitrogen functional groups attached to an aromatic ring is 1. The Balaban J connectivity index is 1.77. The van der Waals surface area contributed by atoms with Gasteiger partial charge >= 0.3 is 0 Å². The number of nitrogens with two attached hydrogens (primary N) is 1. The third kappa shape index (κ3) is 2.64. The minimum Gasteiger partial charge on any atom is -0.454 e. The van der Waals surface area contributed by atoms with Crippen LogP contribution in [0, 0.1) is 5.82 Å². The smallest absolute Gasteiger partial charge is 0.231 e. The van der Waals surface area contributed by atoms with Gasteiger partial charge in [-0.2, -0.15) is 0 Å². The second-order valence-electron chi connectivity index (χ2n) is 4.28. The number of rotatable bonds is 3. The number of hydrogen-bond acceptors (Lipinski definition) is 4. The lowest BCUT2D eigenvalue weighted by molar-refractivity contribution is 0.174. The zero-order valence-corrected chi connectivity index (χ0v) is 11.9. The summed E-state index contributed by atoms with van der Waals surface area (Å²) in [7, 11) is 0. The monoisotopic (exact) mass is 311 g/mol. The second-order valence-corrected chi connectivity index (χ2v) is 5.71. The fraction of sp³-hybridized carbons (Fsp3) is 0.143. The SMILES string of the molecule is Nc1cc(F)ccc1SCc1cc(Cl)c2c(c1)OCO2. The van der Waals surface area contributed by atoms with Crippen molar-refractivity contribution in [3.63, 3.8) is 0 Å². The molecule has 0 atom stereocenters. The first-order valence-corrected chi connectivity index (χ1v) is 7.25. The molecule has 20 heavy (non-hydrogen) atoms. The van der Waals surface area contributed by atoms with Crippen LogP contribution in [-0.4, -0.2) is 6.79 Å². The largest absolute Gasteiger partial charge is 0.454 e. The van der Waals surface area contributed by atoms with Gasteiger partial charge in [-0.25, -0.2) is 4.39 Å². The van der Waals surface area contributed by atoms with Crippen LogP contribution in [0.25, 0.3) is 0 Å². The van der Waals surface area contributed by atoms with Gasteiger partial charge in [0.2, 0.25) is 6.79 Å². The summed E-state index contributed by atoms with van der Waals surface area (Å²) in [6.07, 6.45) is 0. The third-order valence-corrected chi connectivity index (χ3v) is 4.29. The Hall–Kier alpha value is -1.59. The van der Waals surface area contributed by atoms with Crippen LogP contribution in [-0.2, 0) is 5.75 Å². The molecule has 1 heterocycles. The lowest BCUT2D eigenvalue weighted by Crippen LogP contribution is -1.93. The van der Waals surface area contributed by atoms with Gasteiger partial charge in [0.05, 0.1) is 5.02 Å². The number of ether oxygens (including phenoxy) is 2. The molecule has 1 aliphatic heterocycles. The van der Waals surface area contributed by atoms with Crippen LogP contribution in [0.2, 0.25) is 5.02 Å². The van der Waals surface area contributed by atoms with Gasteiger partial charge < -0.3 is 15.2 Å². The predicted octanol–water partition coefficient (Wildman–Crippen LogP) is 4.08. The van der Waals surface area contributed by atoms with Gasteiger partial charge in [0.25, 0.3) is 0 Å². The fourth-order valence-corrected chi connectivity index (χ4v) is 3.08. The van der Waals surface area contributed by atoms with Gasteiger partial charge in [-0.15, -0.1) is 11.8 Å². The van der Waals surface area contributed by atoms with Crippen molar-refractivity contribution < 1.29 is 13.9 Å². The number of thioether (sulfide) groups is 1. The Kier molecular flexibility index (Phi) is 3.63. The summed E-state index contributed by atoms with van der Waals surface area (Å²) >= 11 is 7.64. The van der Waals surface area contributed by atoms with Crippen molar-refractivity contribution in [2.24, 2.45) is 0 Å². The van der Waals surface area contributed by atoms with E-state index >= 15 is 0 Å².